The fraction of sp³-hybridized carbons (Fsp3) is 0.800. The van der Waals surface area contributed by atoms with Gasteiger partial charge in [-0.25, -0.2) is 0 Å². The van der Waals surface area contributed by atoms with E-state index in [-0.39, 0.29) is 30.3 Å². The molecular formula is C20H30N4O4. The largest absolute Gasteiger partial charge is 0.379 e. The Bertz CT molecular complexity index is 690. The molecule has 3 heterocycles. The Labute approximate surface area is 165 Å². The number of oxime groups is 1. The molecular weight excluding hydrogens is 360 g/mol. The van der Waals surface area contributed by atoms with Crippen LogP contribution in [0.1, 0.15) is 58.3 Å². The Hall–Kier alpha value is -2.12. The standard InChI is InChI=1S/C20H30N4O4/c1-20(11-16(22-28-20)14-7-8-14)19(27)21-15-5-4-10-23(12-15)18(26)13-24-9-3-2-6-17(24)25/h14-15H,2-13H2,1H3,(H,21,27). The van der Waals surface area contributed by atoms with Crippen molar-refractivity contribution in [3.05, 3.63) is 0 Å². The average molecular weight is 390 g/mol. The van der Waals surface area contributed by atoms with Crippen LogP contribution < -0.4 is 5.32 Å². The van der Waals surface area contributed by atoms with Crippen molar-refractivity contribution in [3.8, 4) is 0 Å². The molecule has 0 aromatic heterocycles. The van der Waals surface area contributed by atoms with Crippen molar-refractivity contribution in [1.29, 1.82) is 0 Å². The second-order valence-corrected chi connectivity index (χ2v) is 8.78. The Morgan fingerprint density at radius 2 is 2.04 bits per heavy atom. The molecule has 0 bridgehead atoms. The number of carbonyl (C=O) groups is 3. The van der Waals surface area contributed by atoms with Crippen LogP contribution in [0.2, 0.25) is 0 Å². The van der Waals surface area contributed by atoms with Crippen LogP contribution >= 0.6 is 0 Å². The Kier molecular flexibility index (Phi) is 5.29. The number of likely N-dealkylation sites (tertiary alicyclic amines) is 2. The first-order valence-electron chi connectivity index (χ1n) is 10.6. The van der Waals surface area contributed by atoms with Crippen molar-refractivity contribution >= 4 is 23.4 Å². The summed E-state index contributed by atoms with van der Waals surface area (Å²) < 4.78 is 0. The number of piperidine rings is 2. The molecule has 0 aromatic rings. The van der Waals surface area contributed by atoms with Crippen molar-refractivity contribution in [2.45, 2.75) is 69.9 Å². The minimum Gasteiger partial charge on any atom is -0.379 e. The van der Waals surface area contributed by atoms with Gasteiger partial charge in [-0.05, 0) is 45.4 Å². The topological polar surface area (TPSA) is 91.3 Å². The summed E-state index contributed by atoms with van der Waals surface area (Å²) >= 11 is 0. The van der Waals surface area contributed by atoms with Gasteiger partial charge in [-0.15, -0.1) is 0 Å². The summed E-state index contributed by atoms with van der Waals surface area (Å²) in [6, 6.07) is -0.0901. The van der Waals surface area contributed by atoms with Crippen LogP contribution in [0.5, 0.6) is 0 Å². The van der Waals surface area contributed by atoms with Crippen LogP contribution in [-0.4, -0.2) is 71.1 Å². The molecule has 0 aromatic carbocycles. The lowest BCUT2D eigenvalue weighted by Gasteiger charge is -2.36. The number of carbonyl (C=O) groups excluding carboxylic acids is 3. The number of nitrogens with zero attached hydrogens (tertiary/aromatic N) is 3. The number of rotatable bonds is 5. The van der Waals surface area contributed by atoms with Gasteiger partial charge >= 0.3 is 0 Å². The van der Waals surface area contributed by atoms with Gasteiger partial charge in [0.15, 0.2) is 0 Å². The highest BCUT2D eigenvalue weighted by molar-refractivity contribution is 5.97. The highest BCUT2D eigenvalue weighted by Crippen LogP contribution is 2.38. The van der Waals surface area contributed by atoms with E-state index in [2.05, 4.69) is 10.5 Å². The molecule has 4 rings (SSSR count). The van der Waals surface area contributed by atoms with Crippen LogP contribution in [0.25, 0.3) is 0 Å². The predicted octanol–water partition coefficient (Wildman–Crippen LogP) is 1.05. The molecule has 4 aliphatic rings. The Balaban J connectivity index is 1.28. The monoisotopic (exact) mass is 390 g/mol. The molecule has 1 N–H and O–H groups in total. The van der Waals surface area contributed by atoms with E-state index < -0.39 is 5.60 Å². The third-order valence-corrected chi connectivity index (χ3v) is 6.27. The molecule has 8 nitrogen and oxygen atoms in total. The van der Waals surface area contributed by atoms with E-state index in [4.69, 9.17) is 4.84 Å². The van der Waals surface area contributed by atoms with Gasteiger partial charge < -0.3 is 20.0 Å². The highest BCUT2D eigenvalue weighted by Gasteiger charge is 2.46. The minimum absolute atomic E-state index is 0.0307. The van der Waals surface area contributed by atoms with Crippen molar-refractivity contribution in [1.82, 2.24) is 15.1 Å². The smallest absolute Gasteiger partial charge is 0.267 e. The van der Waals surface area contributed by atoms with E-state index in [0.717, 1.165) is 44.2 Å². The van der Waals surface area contributed by atoms with Gasteiger partial charge in [0.25, 0.3) is 5.91 Å². The van der Waals surface area contributed by atoms with Crippen molar-refractivity contribution < 1.29 is 19.2 Å². The van der Waals surface area contributed by atoms with Crippen LogP contribution in [-0.2, 0) is 19.2 Å². The van der Waals surface area contributed by atoms with Crippen molar-refractivity contribution in [2.24, 2.45) is 11.1 Å². The summed E-state index contributed by atoms with van der Waals surface area (Å²) in [5, 5.41) is 7.20. The van der Waals surface area contributed by atoms with E-state index in [1.807, 2.05) is 0 Å². The number of hydrogen-bond acceptors (Lipinski definition) is 5. The van der Waals surface area contributed by atoms with Gasteiger partial charge in [0, 0.05) is 44.4 Å². The predicted molar refractivity (Wildman–Crippen MR) is 102 cm³/mol. The zero-order valence-electron chi connectivity index (χ0n) is 16.6. The molecule has 1 saturated carbocycles. The average Bonchev–Trinajstić information content (AvgIpc) is 3.46. The summed E-state index contributed by atoms with van der Waals surface area (Å²) in [5.41, 5.74) is 0.0639. The molecule has 2 unspecified atom stereocenters. The Morgan fingerprint density at radius 1 is 1.21 bits per heavy atom. The van der Waals surface area contributed by atoms with Gasteiger partial charge in [-0.1, -0.05) is 5.16 Å². The van der Waals surface area contributed by atoms with E-state index in [9.17, 15) is 14.4 Å². The first kappa shape index (κ1) is 19.2. The number of hydrogen-bond donors (Lipinski definition) is 1. The van der Waals surface area contributed by atoms with Gasteiger partial charge in [0.05, 0.1) is 12.3 Å². The molecule has 0 radical (unpaired) electrons. The lowest BCUT2D eigenvalue weighted by molar-refractivity contribution is -0.145. The molecule has 1 aliphatic carbocycles. The molecule has 28 heavy (non-hydrogen) atoms. The van der Waals surface area contributed by atoms with E-state index >= 15 is 0 Å². The Morgan fingerprint density at radius 3 is 2.79 bits per heavy atom. The normalized spacial score (nSPS) is 30.7. The molecule has 3 aliphatic heterocycles. The number of amides is 3. The zero-order chi connectivity index (χ0) is 19.7. The third kappa shape index (κ3) is 4.15. The molecule has 154 valence electrons. The third-order valence-electron chi connectivity index (χ3n) is 6.27. The quantitative estimate of drug-likeness (QED) is 0.760. The van der Waals surface area contributed by atoms with Crippen molar-refractivity contribution in [3.63, 3.8) is 0 Å². The van der Waals surface area contributed by atoms with E-state index in [1.165, 1.54) is 0 Å². The molecule has 2 saturated heterocycles. The summed E-state index contributed by atoms with van der Waals surface area (Å²) in [4.78, 5) is 46.4. The summed E-state index contributed by atoms with van der Waals surface area (Å²) in [6.07, 6.45) is 6.91. The maximum Gasteiger partial charge on any atom is 0.267 e. The van der Waals surface area contributed by atoms with E-state index in [0.29, 0.717) is 38.4 Å². The maximum atomic E-state index is 12.8. The zero-order valence-corrected chi connectivity index (χ0v) is 16.6. The summed E-state index contributed by atoms with van der Waals surface area (Å²) in [6.45, 7) is 3.76. The fourth-order valence-electron chi connectivity index (χ4n) is 4.28. The first-order chi connectivity index (χ1) is 13.4. The molecule has 3 amide bonds. The van der Waals surface area contributed by atoms with Crippen LogP contribution in [0.3, 0.4) is 0 Å². The molecule has 2 atom stereocenters. The molecule has 3 fully saturated rings. The summed E-state index contributed by atoms with van der Waals surface area (Å²) in [5.74, 6) is 0.378. The maximum absolute atomic E-state index is 12.8. The van der Waals surface area contributed by atoms with Gasteiger partial charge in [0.2, 0.25) is 17.4 Å². The van der Waals surface area contributed by atoms with Crippen molar-refractivity contribution in [2.75, 3.05) is 26.2 Å². The van der Waals surface area contributed by atoms with Crippen LogP contribution in [0.15, 0.2) is 5.16 Å². The van der Waals surface area contributed by atoms with E-state index in [1.54, 1.807) is 16.7 Å². The first-order valence-corrected chi connectivity index (χ1v) is 10.6. The van der Waals surface area contributed by atoms with Gasteiger partial charge in [-0.3, -0.25) is 14.4 Å². The summed E-state index contributed by atoms with van der Waals surface area (Å²) in [7, 11) is 0. The number of nitrogens with one attached hydrogen (secondary N) is 1. The fourth-order valence-corrected chi connectivity index (χ4v) is 4.28. The molecule has 8 heteroatoms. The SMILES string of the molecule is CC1(C(=O)NC2CCCN(C(=O)CN3CCCCC3=O)C2)CC(C2CC2)=NO1. The lowest BCUT2D eigenvalue weighted by atomic mass is 9.95. The van der Waals surface area contributed by atoms with Crippen LogP contribution in [0, 0.1) is 5.92 Å². The van der Waals surface area contributed by atoms with Gasteiger partial charge in [0.1, 0.15) is 0 Å². The highest BCUT2D eigenvalue weighted by atomic mass is 16.7. The second kappa shape index (κ2) is 7.72. The molecule has 0 spiro atoms. The van der Waals surface area contributed by atoms with Crippen LogP contribution in [0.4, 0.5) is 0 Å². The lowest BCUT2D eigenvalue weighted by Crippen LogP contribution is -2.56. The minimum atomic E-state index is -0.940. The van der Waals surface area contributed by atoms with Gasteiger partial charge in [-0.2, -0.15) is 0 Å². The second-order valence-electron chi connectivity index (χ2n) is 8.78.